The van der Waals surface area contributed by atoms with Gasteiger partial charge in [0, 0.05) is 20.6 Å². The molecule has 0 heterocycles. The summed E-state index contributed by atoms with van der Waals surface area (Å²) in [5.74, 6) is 1.67. The molecule has 0 bridgehead atoms. The zero-order valence-electron chi connectivity index (χ0n) is 12.4. The third-order valence-corrected chi connectivity index (χ3v) is 3.05. The van der Waals surface area contributed by atoms with Crippen LogP contribution in [0.1, 0.15) is 11.6 Å². The van der Waals surface area contributed by atoms with E-state index >= 15 is 0 Å². The lowest BCUT2D eigenvalue weighted by molar-refractivity contribution is 0.298. The summed E-state index contributed by atoms with van der Waals surface area (Å²) in [5.41, 5.74) is 1.24. The molecular weight excluding hydrogens is 240 g/mol. The number of hydrogen-bond donors (Lipinski definition) is 2. The van der Waals surface area contributed by atoms with Gasteiger partial charge in [0.2, 0.25) is 0 Å². The van der Waals surface area contributed by atoms with Crippen molar-refractivity contribution in [2.75, 3.05) is 41.8 Å². The average Bonchev–Trinajstić information content (AvgIpc) is 2.43. The van der Waals surface area contributed by atoms with Crippen LogP contribution in [0.2, 0.25) is 0 Å². The monoisotopic (exact) mass is 264 g/mol. The summed E-state index contributed by atoms with van der Waals surface area (Å²) in [6, 6.07) is 8.42. The number of methoxy groups -OCH3 is 1. The van der Waals surface area contributed by atoms with Crippen molar-refractivity contribution in [1.29, 1.82) is 0 Å². The second-order valence-corrected chi connectivity index (χ2v) is 4.46. The molecular formula is C14H24N4O. The Bertz CT molecular complexity index is 400. The van der Waals surface area contributed by atoms with Gasteiger partial charge in [-0.1, -0.05) is 12.1 Å². The smallest absolute Gasteiger partial charge is 0.190 e. The summed E-state index contributed by atoms with van der Waals surface area (Å²) in [6.45, 7) is 0.785. The Balaban J connectivity index is 2.76. The van der Waals surface area contributed by atoms with E-state index in [2.05, 4.69) is 46.8 Å². The number of hydrogen-bond acceptors (Lipinski definition) is 3. The Kier molecular flexibility index (Phi) is 6.15. The zero-order chi connectivity index (χ0) is 14.3. The largest absolute Gasteiger partial charge is 0.497 e. The lowest BCUT2D eigenvalue weighted by atomic mass is 10.1. The minimum absolute atomic E-state index is 0.274. The molecule has 106 valence electrons. The van der Waals surface area contributed by atoms with Crippen molar-refractivity contribution in [3.05, 3.63) is 29.8 Å². The second-order valence-electron chi connectivity index (χ2n) is 4.46. The van der Waals surface area contributed by atoms with Crippen molar-refractivity contribution in [3.8, 4) is 5.75 Å². The van der Waals surface area contributed by atoms with Gasteiger partial charge in [0.25, 0.3) is 0 Å². The minimum Gasteiger partial charge on any atom is -0.497 e. The molecule has 19 heavy (non-hydrogen) atoms. The van der Waals surface area contributed by atoms with Crippen molar-refractivity contribution in [3.63, 3.8) is 0 Å². The number of ether oxygens (including phenoxy) is 1. The fourth-order valence-electron chi connectivity index (χ4n) is 1.90. The number of likely N-dealkylation sites (N-methyl/N-ethyl adjacent to an activating group) is 1. The lowest BCUT2D eigenvalue weighted by Gasteiger charge is -2.26. The Morgan fingerprint density at radius 1 is 1.32 bits per heavy atom. The van der Waals surface area contributed by atoms with E-state index in [1.807, 2.05) is 19.2 Å². The fourth-order valence-corrected chi connectivity index (χ4v) is 1.90. The van der Waals surface area contributed by atoms with Gasteiger partial charge in [0.1, 0.15) is 5.75 Å². The first-order valence-electron chi connectivity index (χ1n) is 6.31. The molecule has 1 unspecified atom stereocenters. The number of nitrogens with one attached hydrogen (secondary N) is 2. The molecule has 1 rings (SSSR count). The van der Waals surface area contributed by atoms with E-state index in [4.69, 9.17) is 4.74 Å². The van der Waals surface area contributed by atoms with Gasteiger partial charge in [0.05, 0.1) is 13.2 Å². The maximum atomic E-state index is 5.18. The Morgan fingerprint density at radius 2 is 1.95 bits per heavy atom. The topological polar surface area (TPSA) is 48.9 Å². The van der Waals surface area contributed by atoms with E-state index in [-0.39, 0.29) is 6.04 Å². The molecule has 0 aliphatic heterocycles. The van der Waals surface area contributed by atoms with Crippen LogP contribution < -0.4 is 15.4 Å². The van der Waals surface area contributed by atoms with Crippen LogP contribution in [0.3, 0.4) is 0 Å². The number of aliphatic imine (C=N–C) groups is 1. The van der Waals surface area contributed by atoms with E-state index in [1.54, 1.807) is 14.2 Å². The van der Waals surface area contributed by atoms with Gasteiger partial charge < -0.3 is 20.3 Å². The highest BCUT2D eigenvalue weighted by atomic mass is 16.5. The molecule has 0 saturated carbocycles. The molecule has 0 spiro atoms. The number of benzene rings is 1. The fraction of sp³-hybridized carbons (Fsp3) is 0.500. The quantitative estimate of drug-likeness (QED) is 0.617. The Hall–Kier alpha value is -1.75. The van der Waals surface area contributed by atoms with Crippen LogP contribution in [-0.4, -0.2) is 52.7 Å². The molecule has 0 aliphatic carbocycles. The minimum atomic E-state index is 0.274. The summed E-state index contributed by atoms with van der Waals surface area (Å²) >= 11 is 0. The SMILES string of the molecule is CN=C(NC)NCC(c1ccc(OC)cc1)N(C)C. The van der Waals surface area contributed by atoms with E-state index in [0.717, 1.165) is 18.3 Å². The van der Waals surface area contributed by atoms with Gasteiger partial charge in [-0.05, 0) is 31.8 Å². The van der Waals surface area contributed by atoms with Gasteiger partial charge in [0.15, 0.2) is 5.96 Å². The maximum absolute atomic E-state index is 5.18. The zero-order valence-corrected chi connectivity index (χ0v) is 12.4. The predicted octanol–water partition coefficient (Wildman–Crippen LogP) is 1.09. The summed E-state index contributed by atoms with van der Waals surface area (Å²) in [4.78, 5) is 6.29. The number of guanidine groups is 1. The highest BCUT2D eigenvalue weighted by Gasteiger charge is 2.14. The van der Waals surface area contributed by atoms with Crippen molar-refractivity contribution >= 4 is 5.96 Å². The molecule has 0 fully saturated rings. The van der Waals surface area contributed by atoms with Crippen molar-refractivity contribution in [2.24, 2.45) is 4.99 Å². The maximum Gasteiger partial charge on any atom is 0.190 e. The molecule has 1 aromatic rings. The molecule has 2 N–H and O–H groups in total. The third-order valence-electron chi connectivity index (χ3n) is 3.05. The molecule has 1 atom stereocenters. The van der Waals surface area contributed by atoms with Gasteiger partial charge in [-0.2, -0.15) is 0 Å². The van der Waals surface area contributed by atoms with Crippen LogP contribution in [0.25, 0.3) is 0 Å². The average molecular weight is 264 g/mol. The summed E-state index contributed by atoms with van der Waals surface area (Å²) in [6.07, 6.45) is 0. The van der Waals surface area contributed by atoms with E-state index in [9.17, 15) is 0 Å². The van der Waals surface area contributed by atoms with Gasteiger partial charge >= 0.3 is 0 Å². The normalized spacial score (nSPS) is 13.3. The first kappa shape index (κ1) is 15.3. The van der Waals surface area contributed by atoms with Crippen LogP contribution >= 0.6 is 0 Å². The first-order chi connectivity index (χ1) is 9.12. The summed E-state index contributed by atoms with van der Waals surface area (Å²) in [7, 11) is 9.43. The Morgan fingerprint density at radius 3 is 2.37 bits per heavy atom. The summed E-state index contributed by atoms with van der Waals surface area (Å²) < 4.78 is 5.18. The van der Waals surface area contributed by atoms with Crippen molar-refractivity contribution < 1.29 is 4.74 Å². The van der Waals surface area contributed by atoms with Crippen molar-refractivity contribution in [2.45, 2.75) is 6.04 Å². The molecule has 0 radical (unpaired) electrons. The lowest BCUT2D eigenvalue weighted by Crippen LogP contribution is -2.40. The first-order valence-corrected chi connectivity index (χ1v) is 6.31. The molecule has 5 heteroatoms. The van der Waals surface area contributed by atoms with Gasteiger partial charge in [-0.15, -0.1) is 0 Å². The molecule has 0 saturated heterocycles. The van der Waals surface area contributed by atoms with Crippen molar-refractivity contribution in [1.82, 2.24) is 15.5 Å². The highest BCUT2D eigenvalue weighted by molar-refractivity contribution is 5.79. The second kappa shape index (κ2) is 7.63. The van der Waals surface area contributed by atoms with Crippen LogP contribution in [0.5, 0.6) is 5.75 Å². The third kappa shape index (κ3) is 4.44. The summed E-state index contributed by atoms with van der Waals surface area (Å²) in [5, 5.41) is 6.31. The van der Waals surface area contributed by atoms with Crippen LogP contribution in [0.4, 0.5) is 0 Å². The van der Waals surface area contributed by atoms with E-state index < -0.39 is 0 Å². The highest BCUT2D eigenvalue weighted by Crippen LogP contribution is 2.20. The molecule has 0 amide bonds. The standard InChI is InChI=1S/C14H24N4O/c1-15-14(16-2)17-10-13(18(3)4)11-6-8-12(19-5)9-7-11/h6-9,13H,10H2,1-5H3,(H2,15,16,17). The van der Waals surface area contributed by atoms with Gasteiger partial charge in [-0.3, -0.25) is 4.99 Å². The molecule has 1 aromatic carbocycles. The van der Waals surface area contributed by atoms with E-state index in [1.165, 1.54) is 5.56 Å². The van der Waals surface area contributed by atoms with Crippen LogP contribution in [0, 0.1) is 0 Å². The molecule has 0 aliphatic rings. The van der Waals surface area contributed by atoms with Crippen LogP contribution in [0.15, 0.2) is 29.3 Å². The number of rotatable bonds is 5. The predicted molar refractivity (Wildman–Crippen MR) is 79.8 cm³/mol. The number of nitrogens with zero attached hydrogens (tertiary/aromatic N) is 2. The Labute approximate surface area is 115 Å². The van der Waals surface area contributed by atoms with Gasteiger partial charge in [-0.25, -0.2) is 0 Å². The van der Waals surface area contributed by atoms with E-state index in [0.29, 0.717) is 0 Å². The van der Waals surface area contributed by atoms with Crippen LogP contribution in [-0.2, 0) is 0 Å². The molecule has 0 aromatic heterocycles. The molecule has 5 nitrogen and oxygen atoms in total.